The molecule has 0 aliphatic carbocycles. The van der Waals surface area contributed by atoms with Gasteiger partial charge >= 0.3 is 0 Å². The van der Waals surface area contributed by atoms with E-state index in [0.717, 1.165) is 0 Å². The number of benzene rings is 2. The molecule has 2 aromatic carbocycles. The molecule has 2 aliphatic heterocycles. The lowest BCUT2D eigenvalue weighted by molar-refractivity contribution is -0.140. The Morgan fingerprint density at radius 2 is 1.91 bits per heavy atom. The highest BCUT2D eigenvalue weighted by molar-refractivity contribution is 6.46. The minimum absolute atomic E-state index is 0.0128. The zero-order chi connectivity index (χ0) is 24.4. The molecule has 2 aliphatic rings. The molecule has 0 bridgehead atoms. The lowest BCUT2D eigenvalue weighted by Gasteiger charge is -2.26. The highest BCUT2D eigenvalue weighted by Crippen LogP contribution is 2.43. The Hall–Kier alpha value is -4.27. The number of carbonyl (C=O) groups excluding carboxylic acids is 2. The third-order valence-electron chi connectivity index (χ3n) is 6.16. The Kier molecular flexibility index (Phi) is 6.13. The Balaban J connectivity index is 1.56. The third-order valence-corrected chi connectivity index (χ3v) is 6.16. The van der Waals surface area contributed by atoms with Crippen molar-refractivity contribution in [3.8, 4) is 17.2 Å². The number of likely N-dealkylation sites (tertiary alicyclic amines) is 1. The van der Waals surface area contributed by atoms with Gasteiger partial charge in [-0.15, -0.1) is 0 Å². The lowest BCUT2D eigenvalue weighted by atomic mass is 9.94. The van der Waals surface area contributed by atoms with E-state index in [1.807, 2.05) is 22.9 Å². The fourth-order valence-electron chi connectivity index (χ4n) is 4.52. The number of imidazole rings is 1. The molecule has 35 heavy (non-hydrogen) atoms. The molecular weight excluding hydrogens is 450 g/mol. The number of ether oxygens (including phenoxy) is 3. The Bertz CT molecular complexity index is 1280. The van der Waals surface area contributed by atoms with Crippen LogP contribution >= 0.6 is 0 Å². The Morgan fingerprint density at radius 1 is 1.11 bits per heavy atom. The maximum Gasteiger partial charge on any atom is 0.295 e. The van der Waals surface area contributed by atoms with Crippen LogP contribution in [0.1, 0.15) is 23.6 Å². The number of aryl methyl sites for hydroxylation is 1. The van der Waals surface area contributed by atoms with Crippen LogP contribution in [0.5, 0.6) is 17.2 Å². The van der Waals surface area contributed by atoms with Gasteiger partial charge in [-0.1, -0.05) is 18.2 Å². The van der Waals surface area contributed by atoms with Gasteiger partial charge in [-0.25, -0.2) is 4.98 Å². The fourth-order valence-corrected chi connectivity index (χ4v) is 4.52. The van der Waals surface area contributed by atoms with Gasteiger partial charge < -0.3 is 28.8 Å². The van der Waals surface area contributed by atoms with E-state index in [-0.39, 0.29) is 11.3 Å². The number of hydrogen-bond donors (Lipinski definition) is 1. The molecule has 0 radical (unpaired) electrons. The van der Waals surface area contributed by atoms with Crippen molar-refractivity contribution >= 4 is 17.4 Å². The van der Waals surface area contributed by atoms with Crippen molar-refractivity contribution in [1.29, 1.82) is 0 Å². The van der Waals surface area contributed by atoms with E-state index in [1.54, 1.807) is 42.9 Å². The van der Waals surface area contributed by atoms with Crippen molar-refractivity contribution in [3.63, 3.8) is 0 Å². The van der Waals surface area contributed by atoms with Crippen LogP contribution in [-0.2, 0) is 16.1 Å². The number of aliphatic hydroxyl groups is 1. The number of fused-ring (bicyclic) bond motifs is 1. The van der Waals surface area contributed by atoms with E-state index in [0.29, 0.717) is 61.1 Å². The van der Waals surface area contributed by atoms with Gasteiger partial charge in [0.25, 0.3) is 11.7 Å². The summed E-state index contributed by atoms with van der Waals surface area (Å²) in [6, 6.07) is 11.3. The molecule has 9 heteroatoms. The first-order chi connectivity index (χ1) is 17.1. The first-order valence-electron chi connectivity index (χ1n) is 11.4. The van der Waals surface area contributed by atoms with Crippen LogP contribution in [0.4, 0.5) is 0 Å². The SMILES string of the molecule is COc1ccccc1[C@@H]1/C(=C(\O)c2ccc3c(c2)OCCO3)C(=O)C(=O)N1CCCn1ccnc1. The number of methoxy groups -OCH3 is 1. The van der Waals surface area contributed by atoms with E-state index < -0.39 is 17.7 Å². The highest BCUT2D eigenvalue weighted by atomic mass is 16.6. The quantitative estimate of drug-likeness (QED) is 0.318. The lowest BCUT2D eigenvalue weighted by Crippen LogP contribution is -2.31. The van der Waals surface area contributed by atoms with Gasteiger partial charge in [-0.3, -0.25) is 9.59 Å². The van der Waals surface area contributed by atoms with Crippen LogP contribution in [0.3, 0.4) is 0 Å². The number of aliphatic hydroxyl groups excluding tert-OH is 1. The van der Waals surface area contributed by atoms with E-state index in [4.69, 9.17) is 14.2 Å². The summed E-state index contributed by atoms with van der Waals surface area (Å²) < 4.78 is 18.6. The topological polar surface area (TPSA) is 103 Å². The summed E-state index contributed by atoms with van der Waals surface area (Å²) in [5.41, 5.74) is 1.00. The van der Waals surface area contributed by atoms with Crippen molar-refractivity contribution in [2.45, 2.75) is 19.0 Å². The average Bonchev–Trinajstić information content (AvgIpc) is 3.50. The van der Waals surface area contributed by atoms with Crippen LogP contribution in [0.25, 0.3) is 5.76 Å². The molecule has 180 valence electrons. The van der Waals surface area contributed by atoms with E-state index in [1.165, 1.54) is 12.0 Å². The number of carbonyl (C=O) groups is 2. The first-order valence-corrected chi connectivity index (χ1v) is 11.4. The smallest absolute Gasteiger partial charge is 0.295 e. The molecule has 1 saturated heterocycles. The summed E-state index contributed by atoms with van der Waals surface area (Å²) in [7, 11) is 1.53. The molecule has 0 saturated carbocycles. The summed E-state index contributed by atoms with van der Waals surface area (Å²) in [6.45, 7) is 1.77. The second kappa shape index (κ2) is 9.54. The summed E-state index contributed by atoms with van der Waals surface area (Å²) in [5.74, 6) is -0.111. The molecule has 0 unspecified atom stereocenters. The van der Waals surface area contributed by atoms with Crippen molar-refractivity contribution in [3.05, 3.63) is 77.9 Å². The van der Waals surface area contributed by atoms with Crippen LogP contribution in [-0.4, -0.2) is 58.1 Å². The number of nitrogens with zero attached hydrogens (tertiary/aromatic N) is 3. The van der Waals surface area contributed by atoms with Crippen LogP contribution in [0, 0.1) is 0 Å². The third kappa shape index (κ3) is 4.21. The second-order valence-corrected chi connectivity index (χ2v) is 8.25. The standard InChI is InChI=1S/C26H25N3O6/c1-33-19-6-3-2-5-18(19)23-22(24(30)17-7-8-20-21(15-17)35-14-13-34-20)25(31)26(32)29(23)11-4-10-28-12-9-27-16-28/h2-3,5-9,12,15-16,23,30H,4,10-11,13-14H2,1H3/b24-22+/t23-/m1/s1. The Morgan fingerprint density at radius 3 is 2.69 bits per heavy atom. The average molecular weight is 476 g/mol. The van der Waals surface area contributed by atoms with Crippen molar-refractivity contribution in [1.82, 2.24) is 14.5 Å². The monoisotopic (exact) mass is 475 g/mol. The predicted octanol–water partition coefficient (Wildman–Crippen LogP) is 3.17. The maximum absolute atomic E-state index is 13.3. The number of ketones is 1. The van der Waals surface area contributed by atoms with Gasteiger partial charge in [-0.2, -0.15) is 0 Å². The number of amides is 1. The largest absolute Gasteiger partial charge is 0.507 e. The zero-order valence-electron chi connectivity index (χ0n) is 19.2. The Labute approximate surface area is 202 Å². The maximum atomic E-state index is 13.3. The highest BCUT2D eigenvalue weighted by Gasteiger charge is 2.46. The number of aromatic nitrogens is 2. The van der Waals surface area contributed by atoms with Gasteiger partial charge in [0.2, 0.25) is 0 Å². The van der Waals surface area contributed by atoms with Crippen molar-refractivity contribution < 1.29 is 28.9 Å². The molecule has 3 aromatic rings. The van der Waals surface area contributed by atoms with E-state index in [9.17, 15) is 14.7 Å². The van der Waals surface area contributed by atoms with Crippen molar-refractivity contribution in [2.24, 2.45) is 0 Å². The molecule has 1 atom stereocenters. The second-order valence-electron chi connectivity index (χ2n) is 8.25. The van der Waals surface area contributed by atoms with E-state index >= 15 is 0 Å². The van der Waals surface area contributed by atoms with Gasteiger partial charge in [0.05, 0.1) is 25.1 Å². The van der Waals surface area contributed by atoms with Gasteiger partial charge in [0, 0.05) is 36.6 Å². The molecule has 9 nitrogen and oxygen atoms in total. The van der Waals surface area contributed by atoms with Gasteiger partial charge in [-0.05, 0) is 30.7 Å². The molecule has 5 rings (SSSR count). The molecule has 1 fully saturated rings. The van der Waals surface area contributed by atoms with E-state index in [2.05, 4.69) is 4.98 Å². The normalized spacial score (nSPS) is 18.7. The minimum Gasteiger partial charge on any atom is -0.507 e. The van der Waals surface area contributed by atoms with Crippen LogP contribution in [0.2, 0.25) is 0 Å². The van der Waals surface area contributed by atoms with Crippen LogP contribution < -0.4 is 14.2 Å². The van der Waals surface area contributed by atoms with Gasteiger partial charge in [0.15, 0.2) is 11.5 Å². The fraction of sp³-hybridized carbons (Fsp3) is 0.269. The summed E-state index contributed by atoms with van der Waals surface area (Å²) in [6.07, 6.45) is 5.83. The molecular formula is C26H25N3O6. The summed E-state index contributed by atoms with van der Waals surface area (Å²) in [5, 5.41) is 11.3. The molecule has 1 amide bonds. The molecule has 1 N–H and O–H groups in total. The van der Waals surface area contributed by atoms with Crippen LogP contribution in [0.15, 0.2) is 66.8 Å². The molecule has 1 aromatic heterocycles. The number of rotatable bonds is 7. The predicted molar refractivity (Wildman–Crippen MR) is 126 cm³/mol. The molecule has 0 spiro atoms. The molecule has 3 heterocycles. The number of hydrogen-bond acceptors (Lipinski definition) is 7. The number of Topliss-reactive ketones (excluding diaryl/α,β-unsaturated/α-hetero) is 1. The zero-order valence-corrected chi connectivity index (χ0v) is 19.2. The summed E-state index contributed by atoms with van der Waals surface area (Å²) in [4.78, 5) is 32.0. The summed E-state index contributed by atoms with van der Waals surface area (Å²) >= 11 is 0. The number of para-hydroxylation sites is 1. The van der Waals surface area contributed by atoms with Crippen molar-refractivity contribution in [2.75, 3.05) is 26.9 Å². The minimum atomic E-state index is -0.804. The first kappa shape index (κ1) is 22.5. The van der Waals surface area contributed by atoms with Gasteiger partial charge in [0.1, 0.15) is 24.7 Å².